The van der Waals surface area contributed by atoms with Gasteiger partial charge >= 0.3 is 0 Å². The van der Waals surface area contributed by atoms with E-state index in [1.807, 2.05) is 30.5 Å². The number of pyridine rings is 2. The fourth-order valence-electron chi connectivity index (χ4n) is 1.74. The molecule has 18 heavy (non-hydrogen) atoms. The maximum Gasteiger partial charge on any atom is 0.142 e. The number of hydrogen-bond acceptors (Lipinski definition) is 5. The molecule has 0 amide bonds. The summed E-state index contributed by atoms with van der Waals surface area (Å²) < 4.78 is 0. The molecule has 0 aromatic carbocycles. The van der Waals surface area contributed by atoms with Crippen molar-refractivity contribution < 1.29 is 0 Å². The molecule has 0 unspecified atom stereocenters. The number of aryl methyl sites for hydroxylation is 1. The van der Waals surface area contributed by atoms with Gasteiger partial charge in [-0.2, -0.15) is 0 Å². The quantitative estimate of drug-likeness (QED) is 0.552. The first-order valence-electron chi connectivity index (χ1n) is 5.93. The Hall–Kier alpha value is -2.14. The van der Waals surface area contributed by atoms with Crippen LogP contribution in [0.4, 0.5) is 11.6 Å². The third-order valence-corrected chi connectivity index (χ3v) is 2.70. The standard InChI is InChI=1S/C13H17N5/c1-2-10-5-4-8-15-11(10)9-16-12-6-3-7-13(17-12)18-14/h3-8H,2,9,14H2,1H3,(H2,16,17,18). The molecule has 2 aromatic rings. The van der Waals surface area contributed by atoms with E-state index in [1.54, 1.807) is 0 Å². The summed E-state index contributed by atoms with van der Waals surface area (Å²) in [7, 11) is 0. The van der Waals surface area contributed by atoms with Gasteiger partial charge in [-0.05, 0) is 30.2 Å². The van der Waals surface area contributed by atoms with Crippen molar-refractivity contribution in [1.82, 2.24) is 9.97 Å². The first kappa shape index (κ1) is 12.3. The molecule has 2 aromatic heterocycles. The molecule has 94 valence electrons. The SMILES string of the molecule is CCc1cccnc1CNc1cccc(NN)n1. The molecule has 0 aliphatic rings. The van der Waals surface area contributed by atoms with Gasteiger partial charge in [0.25, 0.3) is 0 Å². The average molecular weight is 243 g/mol. The number of nitrogens with zero attached hydrogens (tertiary/aromatic N) is 2. The molecule has 5 heteroatoms. The number of hydrazine groups is 1. The van der Waals surface area contributed by atoms with E-state index in [-0.39, 0.29) is 0 Å². The van der Waals surface area contributed by atoms with Crippen LogP contribution >= 0.6 is 0 Å². The summed E-state index contributed by atoms with van der Waals surface area (Å²) >= 11 is 0. The van der Waals surface area contributed by atoms with Gasteiger partial charge in [-0.3, -0.25) is 4.98 Å². The molecule has 0 aliphatic carbocycles. The van der Waals surface area contributed by atoms with E-state index < -0.39 is 0 Å². The second kappa shape index (κ2) is 5.97. The lowest BCUT2D eigenvalue weighted by Crippen LogP contribution is -2.10. The molecular formula is C13H17N5. The third kappa shape index (κ3) is 2.95. The van der Waals surface area contributed by atoms with Crippen molar-refractivity contribution in [3.05, 3.63) is 47.8 Å². The second-order valence-corrected chi connectivity index (χ2v) is 3.87. The van der Waals surface area contributed by atoms with E-state index in [0.717, 1.165) is 17.9 Å². The van der Waals surface area contributed by atoms with Crippen LogP contribution in [0.25, 0.3) is 0 Å². The summed E-state index contributed by atoms with van der Waals surface area (Å²) in [6.45, 7) is 2.78. The summed E-state index contributed by atoms with van der Waals surface area (Å²) in [6, 6.07) is 9.65. The highest BCUT2D eigenvalue weighted by Gasteiger charge is 2.02. The van der Waals surface area contributed by atoms with E-state index >= 15 is 0 Å². The summed E-state index contributed by atoms with van der Waals surface area (Å²) in [4.78, 5) is 8.66. The van der Waals surface area contributed by atoms with Crippen LogP contribution in [0.5, 0.6) is 0 Å². The predicted molar refractivity (Wildman–Crippen MR) is 73.0 cm³/mol. The Balaban J connectivity index is 2.06. The zero-order valence-electron chi connectivity index (χ0n) is 10.4. The van der Waals surface area contributed by atoms with Crippen LogP contribution in [0.15, 0.2) is 36.5 Å². The van der Waals surface area contributed by atoms with E-state index in [2.05, 4.69) is 33.7 Å². The lowest BCUT2D eigenvalue weighted by molar-refractivity contribution is 0.964. The minimum Gasteiger partial charge on any atom is -0.364 e. The van der Waals surface area contributed by atoms with Crippen molar-refractivity contribution in [2.24, 2.45) is 5.84 Å². The Morgan fingerprint density at radius 1 is 1.17 bits per heavy atom. The maximum absolute atomic E-state index is 5.32. The second-order valence-electron chi connectivity index (χ2n) is 3.87. The van der Waals surface area contributed by atoms with Crippen LogP contribution in [0, 0.1) is 0 Å². The zero-order chi connectivity index (χ0) is 12.8. The number of nitrogens with two attached hydrogens (primary N) is 1. The molecule has 0 bridgehead atoms. The van der Waals surface area contributed by atoms with Gasteiger partial charge in [-0.15, -0.1) is 0 Å². The molecule has 0 atom stereocenters. The highest BCUT2D eigenvalue weighted by atomic mass is 15.3. The maximum atomic E-state index is 5.32. The largest absolute Gasteiger partial charge is 0.364 e. The Morgan fingerprint density at radius 3 is 2.78 bits per heavy atom. The Kier molecular flexibility index (Phi) is 4.09. The lowest BCUT2D eigenvalue weighted by Gasteiger charge is -2.09. The summed E-state index contributed by atoms with van der Waals surface area (Å²) in [6.07, 6.45) is 2.78. The van der Waals surface area contributed by atoms with Crippen molar-refractivity contribution in [3.8, 4) is 0 Å². The van der Waals surface area contributed by atoms with Crippen LogP contribution in [0.2, 0.25) is 0 Å². The molecule has 2 rings (SSSR count). The van der Waals surface area contributed by atoms with Crippen molar-refractivity contribution in [2.75, 3.05) is 10.7 Å². The molecule has 0 saturated heterocycles. The van der Waals surface area contributed by atoms with Gasteiger partial charge in [0.2, 0.25) is 0 Å². The lowest BCUT2D eigenvalue weighted by atomic mass is 10.1. The van der Waals surface area contributed by atoms with Crippen LogP contribution in [0.3, 0.4) is 0 Å². The minimum absolute atomic E-state index is 0.636. The van der Waals surface area contributed by atoms with Crippen molar-refractivity contribution >= 4 is 11.6 Å². The molecule has 0 radical (unpaired) electrons. The van der Waals surface area contributed by atoms with E-state index in [4.69, 9.17) is 5.84 Å². The van der Waals surface area contributed by atoms with Crippen LogP contribution in [-0.2, 0) is 13.0 Å². The van der Waals surface area contributed by atoms with E-state index in [9.17, 15) is 0 Å². The highest BCUT2D eigenvalue weighted by Crippen LogP contribution is 2.11. The van der Waals surface area contributed by atoms with Gasteiger partial charge in [0.15, 0.2) is 0 Å². The Bertz CT molecular complexity index is 512. The number of nitrogens with one attached hydrogen (secondary N) is 2. The molecule has 0 fully saturated rings. The smallest absolute Gasteiger partial charge is 0.142 e. The Labute approximate surface area is 106 Å². The summed E-state index contributed by atoms with van der Waals surface area (Å²) in [5.74, 6) is 6.73. The van der Waals surface area contributed by atoms with Crippen LogP contribution in [-0.4, -0.2) is 9.97 Å². The van der Waals surface area contributed by atoms with Gasteiger partial charge < -0.3 is 10.7 Å². The third-order valence-electron chi connectivity index (χ3n) is 2.70. The molecule has 5 nitrogen and oxygen atoms in total. The molecule has 0 aliphatic heterocycles. The predicted octanol–water partition coefficient (Wildman–Crippen LogP) is 1.94. The van der Waals surface area contributed by atoms with Gasteiger partial charge in [-0.1, -0.05) is 19.1 Å². The number of rotatable bonds is 5. The van der Waals surface area contributed by atoms with E-state index in [1.165, 1.54) is 5.56 Å². The fraction of sp³-hybridized carbons (Fsp3) is 0.231. The first-order chi connectivity index (χ1) is 8.83. The molecule has 0 saturated carbocycles. The number of hydrogen-bond donors (Lipinski definition) is 3. The fourth-order valence-corrected chi connectivity index (χ4v) is 1.74. The van der Waals surface area contributed by atoms with Gasteiger partial charge in [-0.25, -0.2) is 10.8 Å². The zero-order valence-corrected chi connectivity index (χ0v) is 10.4. The van der Waals surface area contributed by atoms with Crippen molar-refractivity contribution in [1.29, 1.82) is 0 Å². The van der Waals surface area contributed by atoms with Crippen LogP contribution in [0.1, 0.15) is 18.2 Å². The molecule has 0 spiro atoms. The van der Waals surface area contributed by atoms with Gasteiger partial charge in [0.1, 0.15) is 11.6 Å². The summed E-state index contributed by atoms with van der Waals surface area (Å²) in [5.41, 5.74) is 4.82. The average Bonchev–Trinajstić information content (AvgIpc) is 2.45. The van der Waals surface area contributed by atoms with E-state index in [0.29, 0.717) is 12.4 Å². The van der Waals surface area contributed by atoms with Crippen LogP contribution < -0.4 is 16.6 Å². The highest BCUT2D eigenvalue weighted by molar-refractivity contribution is 5.44. The number of aromatic nitrogens is 2. The normalized spacial score (nSPS) is 10.1. The molecule has 2 heterocycles. The van der Waals surface area contributed by atoms with Gasteiger partial charge in [0, 0.05) is 6.20 Å². The minimum atomic E-state index is 0.636. The molecule has 4 N–H and O–H groups in total. The topological polar surface area (TPSA) is 75.9 Å². The Morgan fingerprint density at radius 2 is 2.00 bits per heavy atom. The number of nitrogen functional groups attached to an aromatic ring is 1. The number of anilines is 2. The first-order valence-corrected chi connectivity index (χ1v) is 5.93. The monoisotopic (exact) mass is 243 g/mol. The van der Waals surface area contributed by atoms with Crippen molar-refractivity contribution in [2.45, 2.75) is 19.9 Å². The van der Waals surface area contributed by atoms with Gasteiger partial charge in [0.05, 0.1) is 12.2 Å². The molecular weight excluding hydrogens is 226 g/mol. The summed E-state index contributed by atoms with van der Waals surface area (Å²) in [5, 5.41) is 3.24. The van der Waals surface area contributed by atoms with Crippen molar-refractivity contribution in [3.63, 3.8) is 0 Å².